The fourth-order valence-corrected chi connectivity index (χ4v) is 1.27. The third-order valence-corrected chi connectivity index (χ3v) is 1.95. The number of nitrogens with two attached hydrogens (primary N) is 1. The standard InChI is InChI=1S/C6H3N4OS/c7-4(11)6-8-1-3-5(10-6)9-2-12-3/h1H,(H2,7,11). The first-order valence-electron chi connectivity index (χ1n) is 3.07. The number of hydrogen-bond acceptors (Lipinski definition) is 5. The largest absolute Gasteiger partial charge is 0.363 e. The molecule has 0 bridgehead atoms. The van der Waals surface area contributed by atoms with Gasteiger partial charge < -0.3 is 5.73 Å². The Balaban J connectivity index is 2.68. The maximum absolute atomic E-state index is 10.6. The molecule has 5 nitrogen and oxygen atoms in total. The SMILES string of the molecule is NC(=O)c1ncc2s[c]nc2n1. The zero-order valence-corrected chi connectivity index (χ0v) is 6.63. The van der Waals surface area contributed by atoms with Gasteiger partial charge in [-0.25, -0.2) is 15.0 Å². The summed E-state index contributed by atoms with van der Waals surface area (Å²) in [4.78, 5) is 22.0. The van der Waals surface area contributed by atoms with Crippen molar-refractivity contribution in [2.45, 2.75) is 0 Å². The summed E-state index contributed by atoms with van der Waals surface area (Å²) in [5.74, 6) is -0.660. The summed E-state index contributed by atoms with van der Waals surface area (Å²) in [5.41, 5.74) is 8.08. The van der Waals surface area contributed by atoms with Crippen LogP contribution in [0.5, 0.6) is 0 Å². The second-order valence-corrected chi connectivity index (χ2v) is 2.88. The van der Waals surface area contributed by atoms with E-state index < -0.39 is 5.91 Å². The molecule has 12 heavy (non-hydrogen) atoms. The first-order valence-corrected chi connectivity index (χ1v) is 3.88. The van der Waals surface area contributed by atoms with Crippen LogP contribution in [0.2, 0.25) is 0 Å². The summed E-state index contributed by atoms with van der Waals surface area (Å²) in [7, 11) is 0. The molecule has 0 unspecified atom stereocenters. The van der Waals surface area contributed by atoms with E-state index in [0.29, 0.717) is 5.65 Å². The molecule has 0 atom stereocenters. The number of carbonyl (C=O) groups is 1. The Kier molecular flexibility index (Phi) is 1.47. The molecule has 2 rings (SSSR count). The summed E-state index contributed by atoms with van der Waals surface area (Å²) in [5, 5.41) is 0. The lowest BCUT2D eigenvalue weighted by Crippen LogP contribution is -2.14. The van der Waals surface area contributed by atoms with Gasteiger partial charge in [0.15, 0.2) is 11.2 Å². The molecule has 2 aromatic rings. The summed E-state index contributed by atoms with van der Waals surface area (Å²) in [6.45, 7) is 0. The molecule has 1 radical (unpaired) electrons. The molecule has 6 heteroatoms. The number of hydrogen-bond donors (Lipinski definition) is 1. The van der Waals surface area contributed by atoms with Crippen LogP contribution in [0, 0.1) is 5.51 Å². The number of carbonyl (C=O) groups excluding carboxylic acids is 1. The number of nitrogens with zero attached hydrogens (tertiary/aromatic N) is 3. The number of primary amides is 1. The summed E-state index contributed by atoms with van der Waals surface area (Å²) in [6.07, 6.45) is 1.51. The minimum Gasteiger partial charge on any atom is -0.363 e. The maximum Gasteiger partial charge on any atom is 0.286 e. The van der Waals surface area contributed by atoms with Gasteiger partial charge in [-0.05, 0) is 0 Å². The minimum absolute atomic E-state index is 0.0122. The van der Waals surface area contributed by atoms with Gasteiger partial charge in [0, 0.05) is 0 Å². The zero-order chi connectivity index (χ0) is 8.55. The number of rotatable bonds is 1. The van der Waals surface area contributed by atoms with Crippen molar-refractivity contribution in [3.05, 3.63) is 17.5 Å². The van der Waals surface area contributed by atoms with Crippen LogP contribution in [0.1, 0.15) is 10.6 Å². The monoisotopic (exact) mass is 179 g/mol. The molecule has 2 aromatic heterocycles. The molecule has 1 amide bonds. The van der Waals surface area contributed by atoms with Crippen LogP contribution in [0.25, 0.3) is 10.3 Å². The predicted octanol–water partition coefficient (Wildman–Crippen LogP) is -0.0146. The number of fused-ring (bicyclic) bond motifs is 1. The molecule has 0 saturated carbocycles. The summed E-state index contributed by atoms with van der Waals surface area (Å²) in [6, 6.07) is 0. The van der Waals surface area contributed by atoms with Crippen LogP contribution in [0.15, 0.2) is 6.20 Å². The van der Waals surface area contributed by atoms with Gasteiger partial charge in [0.1, 0.15) is 0 Å². The van der Waals surface area contributed by atoms with Gasteiger partial charge in [-0.15, -0.1) is 11.3 Å². The van der Waals surface area contributed by atoms with Crippen molar-refractivity contribution in [1.29, 1.82) is 0 Å². The Morgan fingerprint density at radius 2 is 2.50 bits per heavy atom. The van der Waals surface area contributed by atoms with Crippen LogP contribution in [-0.2, 0) is 0 Å². The van der Waals surface area contributed by atoms with Crippen molar-refractivity contribution < 1.29 is 4.79 Å². The van der Waals surface area contributed by atoms with Crippen molar-refractivity contribution in [3.63, 3.8) is 0 Å². The normalized spacial score (nSPS) is 10.3. The Morgan fingerprint density at radius 3 is 3.25 bits per heavy atom. The molecule has 0 aliphatic carbocycles. The fraction of sp³-hybridized carbons (Fsp3) is 0. The van der Waals surface area contributed by atoms with E-state index >= 15 is 0 Å². The highest BCUT2D eigenvalue weighted by Crippen LogP contribution is 2.12. The number of amides is 1. The van der Waals surface area contributed by atoms with Crippen molar-refractivity contribution in [2.24, 2.45) is 5.73 Å². The summed E-state index contributed by atoms with van der Waals surface area (Å²) >= 11 is 1.29. The van der Waals surface area contributed by atoms with E-state index in [0.717, 1.165) is 4.70 Å². The zero-order valence-electron chi connectivity index (χ0n) is 5.81. The van der Waals surface area contributed by atoms with E-state index in [4.69, 9.17) is 5.73 Å². The second kappa shape index (κ2) is 2.49. The van der Waals surface area contributed by atoms with Crippen molar-refractivity contribution in [2.75, 3.05) is 0 Å². The van der Waals surface area contributed by atoms with E-state index in [-0.39, 0.29) is 5.82 Å². The topological polar surface area (TPSA) is 81.8 Å². The first kappa shape index (κ1) is 7.11. The highest BCUT2D eigenvalue weighted by Gasteiger charge is 2.06. The van der Waals surface area contributed by atoms with Crippen molar-refractivity contribution >= 4 is 27.6 Å². The molecule has 2 N–H and O–H groups in total. The molecule has 2 heterocycles. The number of thiazole rings is 1. The van der Waals surface area contributed by atoms with Crippen LogP contribution >= 0.6 is 11.3 Å². The fourth-order valence-electron chi connectivity index (χ4n) is 0.748. The molecular weight excluding hydrogens is 176 g/mol. The third kappa shape index (κ3) is 1.02. The van der Waals surface area contributed by atoms with Gasteiger partial charge in [-0.1, -0.05) is 0 Å². The number of aromatic nitrogens is 3. The first-order chi connectivity index (χ1) is 5.77. The Bertz CT molecular complexity index is 438. The van der Waals surface area contributed by atoms with Crippen LogP contribution in [-0.4, -0.2) is 20.9 Å². The van der Waals surface area contributed by atoms with Gasteiger partial charge in [0.05, 0.1) is 10.9 Å². The van der Waals surface area contributed by atoms with Gasteiger partial charge in [0.2, 0.25) is 5.82 Å². The van der Waals surface area contributed by atoms with Crippen LogP contribution in [0.4, 0.5) is 0 Å². The highest BCUT2D eigenvalue weighted by atomic mass is 32.1. The van der Waals surface area contributed by atoms with E-state index in [2.05, 4.69) is 20.5 Å². The minimum atomic E-state index is -0.648. The lowest BCUT2D eigenvalue weighted by Gasteiger charge is -1.90. The second-order valence-electron chi connectivity index (χ2n) is 2.05. The van der Waals surface area contributed by atoms with Crippen molar-refractivity contribution in [1.82, 2.24) is 15.0 Å². The maximum atomic E-state index is 10.6. The van der Waals surface area contributed by atoms with Gasteiger partial charge >= 0.3 is 0 Å². The molecule has 0 saturated heterocycles. The average Bonchev–Trinajstić information content (AvgIpc) is 2.49. The molecule has 0 fully saturated rings. The third-order valence-electron chi connectivity index (χ3n) is 1.26. The Labute approximate surface area is 71.3 Å². The average molecular weight is 179 g/mol. The van der Waals surface area contributed by atoms with E-state index in [9.17, 15) is 4.79 Å². The molecular formula is C6H3N4OS. The van der Waals surface area contributed by atoms with Gasteiger partial charge in [-0.2, -0.15) is 0 Å². The predicted molar refractivity (Wildman–Crippen MR) is 42.6 cm³/mol. The van der Waals surface area contributed by atoms with E-state index in [1.807, 2.05) is 0 Å². The van der Waals surface area contributed by atoms with E-state index in [1.165, 1.54) is 17.5 Å². The molecule has 0 spiro atoms. The molecule has 0 aromatic carbocycles. The highest BCUT2D eigenvalue weighted by molar-refractivity contribution is 7.16. The van der Waals surface area contributed by atoms with Crippen LogP contribution in [0.3, 0.4) is 0 Å². The van der Waals surface area contributed by atoms with Crippen LogP contribution < -0.4 is 5.73 Å². The smallest absolute Gasteiger partial charge is 0.286 e. The molecule has 59 valence electrons. The van der Waals surface area contributed by atoms with Gasteiger partial charge in [-0.3, -0.25) is 4.79 Å². The Morgan fingerprint density at radius 1 is 1.67 bits per heavy atom. The van der Waals surface area contributed by atoms with Gasteiger partial charge in [0.25, 0.3) is 5.91 Å². The molecule has 0 aliphatic heterocycles. The van der Waals surface area contributed by atoms with Crippen molar-refractivity contribution in [3.8, 4) is 0 Å². The Hall–Kier alpha value is -1.56. The lowest BCUT2D eigenvalue weighted by atomic mass is 10.5. The van der Waals surface area contributed by atoms with E-state index in [1.54, 1.807) is 0 Å². The summed E-state index contributed by atoms with van der Waals surface area (Å²) < 4.78 is 0.792. The quantitative estimate of drug-likeness (QED) is 0.667. The molecule has 0 aliphatic rings. The lowest BCUT2D eigenvalue weighted by molar-refractivity contribution is 0.0991.